The molecule has 0 aliphatic rings. The predicted octanol–water partition coefficient (Wildman–Crippen LogP) is 4.26. The fourth-order valence-electron chi connectivity index (χ4n) is 2.33. The number of benzene rings is 2. The van der Waals surface area contributed by atoms with Gasteiger partial charge in [0, 0.05) is 5.02 Å². The van der Waals surface area contributed by atoms with Gasteiger partial charge >= 0.3 is 0 Å². The van der Waals surface area contributed by atoms with E-state index in [1.165, 1.54) is 5.56 Å². The molecule has 1 amide bonds. The Morgan fingerprint density at radius 2 is 1.92 bits per heavy atom. The number of aryl methyl sites for hydroxylation is 1. The summed E-state index contributed by atoms with van der Waals surface area (Å²) in [6.45, 7) is 4.68. The van der Waals surface area contributed by atoms with Gasteiger partial charge in [0.1, 0.15) is 18.1 Å². The van der Waals surface area contributed by atoms with Crippen molar-refractivity contribution in [1.82, 2.24) is 5.32 Å². The van der Waals surface area contributed by atoms with Crippen LogP contribution in [0, 0.1) is 0 Å². The van der Waals surface area contributed by atoms with Crippen LogP contribution in [0.5, 0.6) is 11.5 Å². The van der Waals surface area contributed by atoms with Gasteiger partial charge in [-0.25, -0.2) is 0 Å². The Balaban J connectivity index is 1.69. The van der Waals surface area contributed by atoms with Gasteiger partial charge in [-0.3, -0.25) is 4.79 Å². The van der Waals surface area contributed by atoms with E-state index in [-0.39, 0.29) is 5.91 Å². The molecule has 1 N–H and O–H groups in total. The molecular formula is C20H24ClNO3. The van der Waals surface area contributed by atoms with Crippen molar-refractivity contribution < 1.29 is 14.3 Å². The predicted molar refractivity (Wildman–Crippen MR) is 100 cm³/mol. The molecule has 2 aromatic rings. The third kappa shape index (κ3) is 6.67. The Morgan fingerprint density at radius 3 is 2.60 bits per heavy atom. The highest BCUT2D eigenvalue weighted by molar-refractivity contribution is 6.30. The van der Waals surface area contributed by atoms with Gasteiger partial charge in [-0.1, -0.05) is 43.1 Å². The van der Waals surface area contributed by atoms with Crippen LogP contribution in [0.2, 0.25) is 5.02 Å². The van der Waals surface area contributed by atoms with Crippen LogP contribution in [0.15, 0.2) is 48.5 Å². The lowest BCUT2D eigenvalue weighted by Gasteiger charge is -2.15. The quantitative estimate of drug-likeness (QED) is 0.679. The Kier molecular flexibility index (Phi) is 7.61. The zero-order valence-corrected chi connectivity index (χ0v) is 15.4. The van der Waals surface area contributed by atoms with Gasteiger partial charge in [-0.15, -0.1) is 0 Å². The molecule has 0 aliphatic heterocycles. The molecule has 0 unspecified atom stereocenters. The van der Waals surface area contributed by atoms with Crippen molar-refractivity contribution in [2.45, 2.75) is 32.8 Å². The average molecular weight is 362 g/mol. The number of carbonyl (C=O) groups excluding carboxylic acids is 1. The highest BCUT2D eigenvalue weighted by Gasteiger charge is 2.14. The summed E-state index contributed by atoms with van der Waals surface area (Å²) in [6.07, 6.45) is 1.59. The molecular weight excluding hydrogens is 338 g/mol. The van der Waals surface area contributed by atoms with Crippen LogP contribution < -0.4 is 14.8 Å². The third-order valence-corrected chi connectivity index (χ3v) is 3.85. The van der Waals surface area contributed by atoms with Crippen LogP contribution >= 0.6 is 11.6 Å². The van der Waals surface area contributed by atoms with Crippen molar-refractivity contribution in [2.24, 2.45) is 0 Å². The van der Waals surface area contributed by atoms with Crippen molar-refractivity contribution in [3.8, 4) is 11.5 Å². The first-order chi connectivity index (χ1) is 12.1. The van der Waals surface area contributed by atoms with Gasteiger partial charge in [0.15, 0.2) is 6.10 Å². The van der Waals surface area contributed by atoms with Crippen molar-refractivity contribution in [1.29, 1.82) is 0 Å². The second kappa shape index (κ2) is 9.94. The third-order valence-electron chi connectivity index (χ3n) is 3.61. The molecule has 1 atom stereocenters. The maximum absolute atomic E-state index is 12.0. The van der Waals surface area contributed by atoms with Gasteiger partial charge in [-0.2, -0.15) is 0 Å². The van der Waals surface area contributed by atoms with E-state index in [2.05, 4.69) is 24.4 Å². The van der Waals surface area contributed by atoms with E-state index in [4.69, 9.17) is 21.1 Å². The molecule has 0 aromatic heterocycles. The second-order valence-electron chi connectivity index (χ2n) is 5.75. The van der Waals surface area contributed by atoms with Crippen LogP contribution in [0.4, 0.5) is 0 Å². The summed E-state index contributed by atoms with van der Waals surface area (Å²) in [5, 5.41) is 3.37. The number of hydrogen-bond acceptors (Lipinski definition) is 3. The molecule has 0 spiro atoms. The number of rotatable bonds is 9. The van der Waals surface area contributed by atoms with E-state index < -0.39 is 6.10 Å². The lowest BCUT2D eigenvalue weighted by Crippen LogP contribution is -2.38. The maximum atomic E-state index is 12.0. The van der Waals surface area contributed by atoms with Crippen LogP contribution in [-0.4, -0.2) is 25.2 Å². The maximum Gasteiger partial charge on any atom is 0.260 e. The molecule has 0 radical (unpaired) electrons. The van der Waals surface area contributed by atoms with Crippen LogP contribution in [0.25, 0.3) is 0 Å². The summed E-state index contributed by atoms with van der Waals surface area (Å²) < 4.78 is 11.2. The molecule has 2 aromatic carbocycles. The summed E-state index contributed by atoms with van der Waals surface area (Å²) in [5.41, 5.74) is 1.30. The summed E-state index contributed by atoms with van der Waals surface area (Å²) in [6, 6.07) is 15.0. The number of carbonyl (C=O) groups is 1. The number of hydrogen-bond donors (Lipinski definition) is 1. The SMILES string of the molecule is CCCc1ccc(OCCNC(=O)[C@@H](C)Oc2cccc(Cl)c2)cc1. The first kappa shape index (κ1) is 19.1. The zero-order valence-electron chi connectivity index (χ0n) is 14.6. The highest BCUT2D eigenvalue weighted by atomic mass is 35.5. The Labute approximate surface area is 154 Å². The van der Waals surface area contributed by atoms with Gasteiger partial charge in [0.05, 0.1) is 6.54 Å². The molecule has 0 heterocycles. The molecule has 0 saturated heterocycles. The minimum atomic E-state index is -0.605. The average Bonchev–Trinajstić information content (AvgIpc) is 2.60. The van der Waals surface area contributed by atoms with E-state index in [0.717, 1.165) is 18.6 Å². The minimum Gasteiger partial charge on any atom is -0.492 e. The van der Waals surface area contributed by atoms with E-state index in [9.17, 15) is 4.79 Å². The van der Waals surface area contributed by atoms with Crippen LogP contribution in [-0.2, 0) is 11.2 Å². The second-order valence-corrected chi connectivity index (χ2v) is 6.19. The largest absolute Gasteiger partial charge is 0.492 e. The fourth-order valence-corrected chi connectivity index (χ4v) is 2.51. The summed E-state index contributed by atoms with van der Waals surface area (Å²) in [5.74, 6) is 1.18. The lowest BCUT2D eigenvalue weighted by molar-refractivity contribution is -0.127. The topological polar surface area (TPSA) is 47.6 Å². The summed E-state index contributed by atoms with van der Waals surface area (Å²) in [4.78, 5) is 12.0. The normalized spacial score (nSPS) is 11.6. The molecule has 2 rings (SSSR count). The van der Waals surface area contributed by atoms with Crippen LogP contribution in [0.1, 0.15) is 25.8 Å². The lowest BCUT2D eigenvalue weighted by atomic mass is 10.1. The monoisotopic (exact) mass is 361 g/mol. The molecule has 4 nitrogen and oxygen atoms in total. The molecule has 0 saturated carbocycles. The first-order valence-corrected chi connectivity index (χ1v) is 8.88. The van der Waals surface area contributed by atoms with Crippen molar-refractivity contribution in [3.05, 3.63) is 59.1 Å². The van der Waals surface area contributed by atoms with Crippen molar-refractivity contribution >= 4 is 17.5 Å². The highest BCUT2D eigenvalue weighted by Crippen LogP contribution is 2.18. The van der Waals surface area contributed by atoms with Crippen LogP contribution in [0.3, 0.4) is 0 Å². The van der Waals surface area contributed by atoms with Gasteiger partial charge in [-0.05, 0) is 49.2 Å². The zero-order chi connectivity index (χ0) is 18.1. The Hall–Kier alpha value is -2.20. The van der Waals surface area contributed by atoms with Gasteiger partial charge < -0.3 is 14.8 Å². The van der Waals surface area contributed by atoms with E-state index in [1.807, 2.05) is 12.1 Å². The van der Waals surface area contributed by atoms with E-state index in [1.54, 1.807) is 31.2 Å². The Morgan fingerprint density at radius 1 is 1.16 bits per heavy atom. The van der Waals surface area contributed by atoms with E-state index in [0.29, 0.717) is 23.9 Å². The minimum absolute atomic E-state index is 0.193. The fraction of sp³-hybridized carbons (Fsp3) is 0.350. The molecule has 5 heteroatoms. The molecule has 0 fully saturated rings. The standard InChI is InChI=1S/C20H24ClNO3/c1-3-5-16-8-10-18(11-9-16)24-13-12-22-20(23)15(2)25-19-7-4-6-17(21)14-19/h4,6-11,14-15H,3,5,12-13H2,1-2H3,(H,22,23)/t15-/m1/s1. The van der Waals surface area contributed by atoms with Gasteiger partial charge in [0.2, 0.25) is 0 Å². The molecule has 0 bridgehead atoms. The number of ether oxygens (including phenoxy) is 2. The number of nitrogens with one attached hydrogen (secondary N) is 1. The van der Waals surface area contributed by atoms with E-state index >= 15 is 0 Å². The van der Waals surface area contributed by atoms with Crippen molar-refractivity contribution in [3.63, 3.8) is 0 Å². The van der Waals surface area contributed by atoms with Gasteiger partial charge in [0.25, 0.3) is 5.91 Å². The first-order valence-electron chi connectivity index (χ1n) is 8.50. The molecule has 25 heavy (non-hydrogen) atoms. The summed E-state index contributed by atoms with van der Waals surface area (Å²) in [7, 11) is 0. The Bertz CT molecular complexity index is 673. The number of halogens is 1. The van der Waals surface area contributed by atoms with Crippen molar-refractivity contribution in [2.75, 3.05) is 13.2 Å². The smallest absolute Gasteiger partial charge is 0.260 e. The number of amides is 1. The molecule has 134 valence electrons. The summed E-state index contributed by atoms with van der Waals surface area (Å²) >= 11 is 5.90. The molecule has 0 aliphatic carbocycles.